The van der Waals surface area contributed by atoms with Crippen LogP contribution in [0.4, 0.5) is 4.39 Å². The molecule has 0 spiro atoms. The summed E-state index contributed by atoms with van der Waals surface area (Å²) >= 11 is 0. The molecule has 0 bridgehead atoms. The van der Waals surface area contributed by atoms with E-state index in [9.17, 15) is 4.79 Å². The molecule has 1 aliphatic carbocycles. The summed E-state index contributed by atoms with van der Waals surface area (Å²) in [6, 6.07) is 3.46. The number of rotatable bonds is 4. The Kier molecular flexibility index (Phi) is 5.05. The minimum Gasteiger partial charge on any atom is -0.488 e. The van der Waals surface area contributed by atoms with E-state index in [1.54, 1.807) is 26.8 Å². The van der Waals surface area contributed by atoms with E-state index in [1.807, 2.05) is 0 Å². The number of hydrogen-bond donors (Lipinski definition) is 1. The zero-order valence-corrected chi connectivity index (χ0v) is 15.5. The van der Waals surface area contributed by atoms with Crippen LogP contribution < -0.4 is 10.1 Å². The number of piperidine rings is 1. The first-order valence-corrected chi connectivity index (χ1v) is 9.22. The van der Waals surface area contributed by atoms with Crippen molar-refractivity contribution in [3.8, 4) is 5.75 Å². The van der Waals surface area contributed by atoms with Gasteiger partial charge in [0.05, 0.1) is 5.56 Å². The third kappa shape index (κ3) is 4.32. The molecule has 25 heavy (non-hydrogen) atoms. The molecule has 1 heterocycles. The number of hydrogen-bond acceptors (Lipinski definition) is 4. The van der Waals surface area contributed by atoms with E-state index in [-0.39, 0.29) is 23.6 Å². The maximum atomic E-state index is 15.1. The Bertz CT molecular complexity index is 649. The molecular formula is C20H28FNO3. The zero-order chi connectivity index (χ0) is 18.2. The summed E-state index contributed by atoms with van der Waals surface area (Å²) in [7, 11) is 0. The van der Waals surface area contributed by atoms with Crippen LogP contribution in [0.1, 0.15) is 75.2 Å². The van der Waals surface area contributed by atoms with Crippen LogP contribution in [-0.2, 0) is 4.74 Å². The summed E-state index contributed by atoms with van der Waals surface area (Å²) in [4.78, 5) is 12.3. The quantitative estimate of drug-likeness (QED) is 0.829. The molecule has 0 amide bonds. The second-order valence-electron chi connectivity index (χ2n) is 8.16. The normalized spacial score (nSPS) is 24.0. The van der Waals surface area contributed by atoms with Gasteiger partial charge in [-0.15, -0.1) is 0 Å². The Morgan fingerprint density at radius 1 is 1.24 bits per heavy atom. The van der Waals surface area contributed by atoms with E-state index in [0.29, 0.717) is 11.3 Å². The average Bonchev–Trinajstić information content (AvgIpc) is 3.32. The number of carbonyl (C=O) groups excluding carboxylic acids is 1. The maximum Gasteiger partial charge on any atom is 0.341 e. The van der Waals surface area contributed by atoms with Gasteiger partial charge in [0.1, 0.15) is 23.3 Å². The lowest BCUT2D eigenvalue weighted by atomic mass is 10.0. The molecule has 3 rings (SSSR count). The Morgan fingerprint density at radius 3 is 2.56 bits per heavy atom. The molecule has 1 N–H and O–H groups in total. The predicted octanol–water partition coefficient (Wildman–Crippen LogP) is 4.18. The Labute approximate surface area is 149 Å². The fraction of sp³-hybridized carbons (Fsp3) is 0.650. The van der Waals surface area contributed by atoms with Gasteiger partial charge in [0.15, 0.2) is 0 Å². The number of carbonyl (C=O) groups is 1. The number of ether oxygens (including phenoxy) is 2. The number of halogens is 1. The molecule has 2 fully saturated rings. The van der Waals surface area contributed by atoms with E-state index in [2.05, 4.69) is 12.2 Å². The first-order valence-electron chi connectivity index (χ1n) is 9.22. The third-order valence-corrected chi connectivity index (χ3v) is 4.71. The van der Waals surface area contributed by atoms with Gasteiger partial charge in [-0.25, -0.2) is 9.18 Å². The lowest BCUT2D eigenvalue weighted by Crippen LogP contribution is -2.45. The van der Waals surface area contributed by atoms with Gasteiger partial charge in [-0.1, -0.05) is 0 Å². The molecule has 2 aliphatic rings. The van der Waals surface area contributed by atoms with Crippen LogP contribution in [0.5, 0.6) is 5.75 Å². The summed E-state index contributed by atoms with van der Waals surface area (Å²) in [5.74, 6) is -0.381. The van der Waals surface area contributed by atoms with E-state index in [0.717, 1.165) is 32.2 Å². The van der Waals surface area contributed by atoms with E-state index in [4.69, 9.17) is 9.47 Å². The minimum atomic E-state index is -0.651. The van der Waals surface area contributed by atoms with Crippen LogP contribution in [0.15, 0.2) is 12.1 Å². The molecule has 5 heteroatoms. The Hall–Kier alpha value is -1.62. The van der Waals surface area contributed by atoms with Crippen LogP contribution in [0, 0.1) is 5.82 Å². The van der Waals surface area contributed by atoms with Crippen LogP contribution in [0.2, 0.25) is 0 Å². The highest BCUT2D eigenvalue weighted by Gasteiger charge is 2.34. The summed E-state index contributed by atoms with van der Waals surface area (Å²) in [6.07, 6.45) is 3.89. The van der Waals surface area contributed by atoms with Gasteiger partial charge < -0.3 is 14.8 Å². The van der Waals surface area contributed by atoms with Crippen LogP contribution in [0.25, 0.3) is 0 Å². The summed E-state index contributed by atoms with van der Waals surface area (Å²) in [6.45, 7) is 8.41. The standard InChI is InChI=1S/C20H28FNO3/c1-12-15(6-5-11-22-12)24-16-10-9-14(19(23)25-20(2,3)4)18(21)17(16)13-7-8-13/h9-10,12-13,15,22H,5-8,11H2,1-4H3/t12-,15-/m0/s1. The third-order valence-electron chi connectivity index (χ3n) is 4.71. The highest BCUT2D eigenvalue weighted by molar-refractivity contribution is 5.90. The Balaban J connectivity index is 1.87. The molecule has 4 nitrogen and oxygen atoms in total. The largest absolute Gasteiger partial charge is 0.488 e. The van der Waals surface area contributed by atoms with Crippen LogP contribution >= 0.6 is 0 Å². The minimum absolute atomic E-state index is 0.000933. The molecule has 1 aromatic carbocycles. The SMILES string of the molecule is C[C@@H]1NCCC[C@@H]1Oc1ccc(C(=O)OC(C)(C)C)c(F)c1C1CC1. The van der Waals surface area contributed by atoms with Gasteiger partial charge in [-0.3, -0.25) is 0 Å². The highest BCUT2D eigenvalue weighted by atomic mass is 19.1. The number of esters is 1. The second kappa shape index (κ2) is 6.94. The van der Waals surface area contributed by atoms with Crippen molar-refractivity contribution in [3.05, 3.63) is 29.1 Å². The van der Waals surface area contributed by atoms with Crippen LogP contribution in [-0.4, -0.2) is 30.3 Å². The first kappa shape index (κ1) is 18.2. The second-order valence-corrected chi connectivity index (χ2v) is 8.16. The molecule has 0 radical (unpaired) electrons. The van der Waals surface area contributed by atoms with Crippen LogP contribution in [0.3, 0.4) is 0 Å². The summed E-state index contributed by atoms with van der Waals surface area (Å²) in [5.41, 5.74) is -0.109. The summed E-state index contributed by atoms with van der Waals surface area (Å²) in [5, 5.41) is 3.39. The van der Waals surface area contributed by atoms with Crippen molar-refractivity contribution in [1.82, 2.24) is 5.32 Å². The van der Waals surface area contributed by atoms with Crippen molar-refractivity contribution in [2.45, 2.75) is 77.0 Å². The fourth-order valence-corrected chi connectivity index (χ4v) is 3.26. The van der Waals surface area contributed by atoms with Gasteiger partial charge >= 0.3 is 5.97 Å². The molecule has 1 aromatic rings. The monoisotopic (exact) mass is 349 g/mol. The smallest absolute Gasteiger partial charge is 0.341 e. The van der Waals surface area contributed by atoms with Gasteiger partial charge in [-0.2, -0.15) is 0 Å². The molecular weight excluding hydrogens is 321 g/mol. The van der Waals surface area contributed by atoms with E-state index < -0.39 is 17.4 Å². The number of benzene rings is 1. The topological polar surface area (TPSA) is 47.6 Å². The molecule has 138 valence electrons. The van der Waals surface area contributed by atoms with Gasteiger partial charge in [0, 0.05) is 11.6 Å². The lowest BCUT2D eigenvalue weighted by molar-refractivity contribution is 0.00643. The fourth-order valence-electron chi connectivity index (χ4n) is 3.26. The summed E-state index contributed by atoms with van der Waals surface area (Å²) < 4.78 is 26.6. The van der Waals surface area contributed by atoms with E-state index >= 15 is 4.39 Å². The first-order chi connectivity index (χ1) is 11.8. The average molecular weight is 349 g/mol. The van der Waals surface area contributed by atoms with Crippen molar-refractivity contribution >= 4 is 5.97 Å². The Morgan fingerprint density at radius 2 is 1.96 bits per heavy atom. The van der Waals surface area contributed by atoms with Crippen molar-refractivity contribution in [2.75, 3.05) is 6.54 Å². The van der Waals surface area contributed by atoms with Crippen molar-refractivity contribution in [1.29, 1.82) is 0 Å². The predicted molar refractivity (Wildman–Crippen MR) is 94.7 cm³/mol. The maximum absolute atomic E-state index is 15.1. The van der Waals surface area contributed by atoms with E-state index in [1.165, 1.54) is 6.07 Å². The molecule has 0 aromatic heterocycles. The lowest BCUT2D eigenvalue weighted by Gasteiger charge is -2.31. The van der Waals surface area contributed by atoms with Gasteiger partial charge in [0.25, 0.3) is 0 Å². The molecule has 1 saturated heterocycles. The highest BCUT2D eigenvalue weighted by Crippen LogP contribution is 2.46. The molecule has 1 saturated carbocycles. The van der Waals surface area contributed by atoms with Gasteiger partial charge in [0.2, 0.25) is 0 Å². The number of nitrogens with one attached hydrogen (secondary N) is 1. The molecule has 1 aliphatic heterocycles. The molecule has 2 atom stereocenters. The zero-order valence-electron chi connectivity index (χ0n) is 15.5. The molecule has 0 unspecified atom stereocenters. The van der Waals surface area contributed by atoms with Gasteiger partial charge in [-0.05, 0) is 78.0 Å². The van der Waals surface area contributed by atoms with Crippen molar-refractivity contribution in [2.24, 2.45) is 0 Å². The van der Waals surface area contributed by atoms with Crippen molar-refractivity contribution in [3.63, 3.8) is 0 Å². The van der Waals surface area contributed by atoms with Crippen molar-refractivity contribution < 1.29 is 18.7 Å².